The molecule has 4 aliphatic rings. The molecule has 30 heavy (non-hydrogen) atoms. The van der Waals surface area contributed by atoms with Crippen LogP contribution in [0, 0.1) is 28.6 Å². The van der Waals surface area contributed by atoms with E-state index in [-0.39, 0.29) is 10.8 Å². The summed E-state index contributed by atoms with van der Waals surface area (Å²) >= 11 is 0. The van der Waals surface area contributed by atoms with Crippen molar-refractivity contribution < 1.29 is 14.6 Å². The van der Waals surface area contributed by atoms with Crippen LogP contribution in [0.2, 0.25) is 0 Å². The molecule has 3 nitrogen and oxygen atoms in total. The van der Waals surface area contributed by atoms with Crippen molar-refractivity contribution in [3.05, 3.63) is 54.3 Å². The van der Waals surface area contributed by atoms with E-state index in [0.717, 1.165) is 50.7 Å². The van der Waals surface area contributed by atoms with Gasteiger partial charge >= 0.3 is 0 Å². The molecular weight excluding hydrogens is 372 g/mol. The fraction of sp³-hybridized carbons (Fsp3) is 0.593. The Morgan fingerprint density at radius 1 is 1.03 bits per heavy atom. The standard InChI is InChI=1S/C27H34O3/c1-18(30-21-7-5-4-6-8-21)27(29)16-13-24-22-10-9-19-17-20(28)11-14-25(19,2)23(22)12-15-26(24,27)3/h4-8,17,22-24,29H,1,9-16H2,2-3H3/t22-,23+,24+,25+,26+,27+/m1/s1. The summed E-state index contributed by atoms with van der Waals surface area (Å²) in [5, 5.41) is 11.9. The number of benzene rings is 1. The first-order chi connectivity index (χ1) is 14.3. The second-order valence-electron chi connectivity index (χ2n) is 10.7. The van der Waals surface area contributed by atoms with Gasteiger partial charge in [0.1, 0.15) is 17.1 Å². The fourth-order valence-electron chi connectivity index (χ4n) is 7.75. The zero-order valence-corrected chi connectivity index (χ0v) is 18.3. The molecule has 4 aliphatic carbocycles. The molecule has 1 aromatic rings. The summed E-state index contributed by atoms with van der Waals surface area (Å²) < 4.78 is 6.08. The maximum absolute atomic E-state index is 12.0. The summed E-state index contributed by atoms with van der Waals surface area (Å²) in [6.45, 7) is 8.90. The number of ketones is 1. The van der Waals surface area contributed by atoms with Crippen LogP contribution in [-0.4, -0.2) is 16.5 Å². The molecule has 0 amide bonds. The molecule has 160 valence electrons. The third-order valence-corrected chi connectivity index (χ3v) is 9.56. The van der Waals surface area contributed by atoms with E-state index in [2.05, 4.69) is 20.4 Å². The molecule has 3 heteroatoms. The molecule has 3 saturated carbocycles. The predicted octanol–water partition coefficient (Wildman–Crippen LogP) is 5.84. The van der Waals surface area contributed by atoms with Gasteiger partial charge in [-0.3, -0.25) is 4.79 Å². The molecule has 5 rings (SSSR count). The molecule has 0 heterocycles. The van der Waals surface area contributed by atoms with Crippen LogP contribution in [0.5, 0.6) is 5.75 Å². The molecule has 0 aromatic heterocycles. The van der Waals surface area contributed by atoms with E-state index in [9.17, 15) is 9.90 Å². The van der Waals surface area contributed by atoms with Gasteiger partial charge in [-0.1, -0.05) is 44.2 Å². The highest BCUT2D eigenvalue weighted by molar-refractivity contribution is 5.91. The zero-order valence-electron chi connectivity index (χ0n) is 18.3. The summed E-state index contributed by atoms with van der Waals surface area (Å²) in [6.07, 6.45) is 9.68. The van der Waals surface area contributed by atoms with Crippen molar-refractivity contribution in [1.29, 1.82) is 0 Å². The van der Waals surface area contributed by atoms with Gasteiger partial charge in [-0.2, -0.15) is 0 Å². The highest BCUT2D eigenvalue weighted by Crippen LogP contribution is 2.68. The van der Waals surface area contributed by atoms with Crippen LogP contribution in [0.4, 0.5) is 0 Å². The maximum Gasteiger partial charge on any atom is 0.155 e. The van der Waals surface area contributed by atoms with Crippen LogP contribution in [0.1, 0.15) is 65.2 Å². The summed E-state index contributed by atoms with van der Waals surface area (Å²) in [7, 11) is 0. The number of hydrogen-bond acceptors (Lipinski definition) is 3. The smallest absolute Gasteiger partial charge is 0.155 e. The zero-order chi connectivity index (χ0) is 21.1. The van der Waals surface area contributed by atoms with Gasteiger partial charge in [0.05, 0.1) is 0 Å². The van der Waals surface area contributed by atoms with E-state index in [1.54, 1.807) is 0 Å². The topological polar surface area (TPSA) is 46.5 Å². The van der Waals surface area contributed by atoms with Crippen molar-refractivity contribution in [3.63, 3.8) is 0 Å². The van der Waals surface area contributed by atoms with E-state index in [1.807, 2.05) is 36.4 Å². The highest BCUT2D eigenvalue weighted by atomic mass is 16.5. The Kier molecular flexibility index (Phi) is 4.56. The Morgan fingerprint density at radius 2 is 1.77 bits per heavy atom. The summed E-state index contributed by atoms with van der Waals surface area (Å²) in [4.78, 5) is 12.0. The quantitative estimate of drug-likeness (QED) is 0.641. The van der Waals surface area contributed by atoms with Gasteiger partial charge in [0.15, 0.2) is 5.78 Å². The average Bonchev–Trinajstić information content (AvgIpc) is 3.01. The molecule has 0 unspecified atom stereocenters. The van der Waals surface area contributed by atoms with Gasteiger partial charge in [-0.25, -0.2) is 0 Å². The molecule has 3 fully saturated rings. The number of carbonyl (C=O) groups is 1. The Hall–Kier alpha value is -1.87. The molecule has 6 atom stereocenters. The van der Waals surface area contributed by atoms with Crippen LogP contribution >= 0.6 is 0 Å². The van der Waals surface area contributed by atoms with Gasteiger partial charge < -0.3 is 9.84 Å². The number of allylic oxidation sites excluding steroid dienone is 1. The van der Waals surface area contributed by atoms with E-state index in [4.69, 9.17) is 4.74 Å². The first-order valence-electron chi connectivity index (χ1n) is 11.7. The Bertz CT molecular complexity index is 902. The van der Waals surface area contributed by atoms with E-state index >= 15 is 0 Å². The van der Waals surface area contributed by atoms with Crippen molar-refractivity contribution in [2.75, 3.05) is 0 Å². The lowest BCUT2D eigenvalue weighted by Crippen LogP contribution is -2.55. The van der Waals surface area contributed by atoms with Crippen LogP contribution in [-0.2, 0) is 4.79 Å². The normalized spacial score (nSPS) is 42.6. The van der Waals surface area contributed by atoms with Gasteiger partial charge in [-0.15, -0.1) is 0 Å². The SMILES string of the molecule is C=C(Oc1ccccc1)[C@@]1(O)CC[C@H]2[C@@H]3CCC4=CC(=O)CC[C@]4(C)[C@H]3CC[C@@]21C. The van der Waals surface area contributed by atoms with Gasteiger partial charge in [0.2, 0.25) is 0 Å². The Labute approximate surface area is 180 Å². The number of carbonyl (C=O) groups excluding carboxylic acids is 1. The molecule has 0 radical (unpaired) electrons. The van der Waals surface area contributed by atoms with Crippen LogP contribution in [0.15, 0.2) is 54.3 Å². The molecule has 0 saturated heterocycles. The largest absolute Gasteiger partial charge is 0.459 e. The van der Waals surface area contributed by atoms with Gasteiger partial charge in [-0.05, 0) is 86.3 Å². The van der Waals surface area contributed by atoms with Crippen molar-refractivity contribution in [2.24, 2.45) is 28.6 Å². The lowest BCUT2D eigenvalue weighted by molar-refractivity contribution is -0.125. The molecule has 0 aliphatic heterocycles. The second kappa shape index (κ2) is 6.82. The monoisotopic (exact) mass is 406 g/mol. The molecule has 1 N–H and O–H groups in total. The molecule has 1 aromatic carbocycles. The number of rotatable bonds is 3. The number of hydrogen-bond donors (Lipinski definition) is 1. The third kappa shape index (κ3) is 2.70. The number of aliphatic hydroxyl groups is 1. The Balaban J connectivity index is 1.42. The molecular formula is C27H34O3. The summed E-state index contributed by atoms with van der Waals surface area (Å²) in [5.74, 6) is 3.26. The predicted molar refractivity (Wildman–Crippen MR) is 118 cm³/mol. The first kappa shape index (κ1) is 20.1. The lowest BCUT2D eigenvalue weighted by atomic mass is 9.46. The number of fused-ring (bicyclic) bond motifs is 5. The second-order valence-corrected chi connectivity index (χ2v) is 10.7. The minimum absolute atomic E-state index is 0.163. The van der Waals surface area contributed by atoms with Crippen molar-refractivity contribution in [2.45, 2.75) is 70.8 Å². The summed E-state index contributed by atoms with van der Waals surface area (Å²) in [5.41, 5.74) is 0.366. The van der Waals surface area contributed by atoms with Gasteiger partial charge in [0.25, 0.3) is 0 Å². The number of para-hydroxylation sites is 1. The highest BCUT2D eigenvalue weighted by Gasteiger charge is 2.65. The van der Waals surface area contributed by atoms with Crippen molar-refractivity contribution >= 4 is 5.78 Å². The Morgan fingerprint density at radius 3 is 2.53 bits per heavy atom. The van der Waals surface area contributed by atoms with Crippen LogP contribution in [0.25, 0.3) is 0 Å². The average molecular weight is 407 g/mol. The first-order valence-corrected chi connectivity index (χ1v) is 11.7. The van der Waals surface area contributed by atoms with Crippen molar-refractivity contribution in [3.8, 4) is 5.75 Å². The van der Waals surface area contributed by atoms with Gasteiger partial charge in [0, 0.05) is 11.8 Å². The van der Waals surface area contributed by atoms with E-state index in [1.165, 1.54) is 5.57 Å². The lowest BCUT2D eigenvalue weighted by Gasteiger charge is -2.59. The third-order valence-electron chi connectivity index (χ3n) is 9.56. The van der Waals surface area contributed by atoms with E-state index < -0.39 is 5.60 Å². The van der Waals surface area contributed by atoms with Crippen molar-refractivity contribution in [1.82, 2.24) is 0 Å². The van der Waals surface area contributed by atoms with Crippen LogP contribution in [0.3, 0.4) is 0 Å². The fourth-order valence-corrected chi connectivity index (χ4v) is 7.75. The van der Waals surface area contributed by atoms with Crippen LogP contribution < -0.4 is 4.74 Å². The maximum atomic E-state index is 12.0. The number of ether oxygens (including phenoxy) is 1. The summed E-state index contributed by atoms with van der Waals surface area (Å²) in [6, 6.07) is 9.68. The molecule has 0 spiro atoms. The minimum atomic E-state index is -0.988. The van der Waals surface area contributed by atoms with E-state index in [0.29, 0.717) is 35.7 Å². The minimum Gasteiger partial charge on any atom is -0.459 e. The molecule has 0 bridgehead atoms.